The molecule has 0 radical (unpaired) electrons. The van der Waals surface area contributed by atoms with Gasteiger partial charge in [0.1, 0.15) is 17.2 Å². The van der Waals surface area contributed by atoms with Gasteiger partial charge in [0, 0.05) is 59.1 Å². The number of rotatable bonds is 8. The molecule has 9 nitrogen and oxygen atoms in total. The van der Waals surface area contributed by atoms with Crippen molar-refractivity contribution in [3.05, 3.63) is 121 Å². The third kappa shape index (κ3) is 4.62. The Morgan fingerprint density at radius 3 is 2.39 bits per heavy atom. The van der Waals surface area contributed by atoms with Gasteiger partial charge in [-0.3, -0.25) is 14.6 Å². The van der Waals surface area contributed by atoms with Crippen molar-refractivity contribution in [3.63, 3.8) is 0 Å². The van der Waals surface area contributed by atoms with E-state index < -0.39 is 5.91 Å². The first kappa shape index (κ1) is 27.0. The van der Waals surface area contributed by atoms with E-state index in [9.17, 15) is 14.0 Å². The number of hydrogen-bond acceptors (Lipinski definition) is 5. The smallest absolute Gasteiger partial charge is 0.269 e. The molecule has 5 heterocycles. The Morgan fingerprint density at radius 1 is 0.818 bits per heavy atom. The number of primary amides is 1. The number of benzene rings is 2. The SMILES string of the molecule is NC(=O)c1nccc2c3ccccc3n(CCCNC(=O)c3cccc4c(-c5ccncc5)c(-c5ccc(F)cc5)nn34)c12. The fourth-order valence-corrected chi connectivity index (χ4v) is 5.80. The third-order valence-electron chi connectivity index (χ3n) is 7.73. The van der Waals surface area contributed by atoms with Crippen molar-refractivity contribution in [1.29, 1.82) is 0 Å². The summed E-state index contributed by atoms with van der Waals surface area (Å²) in [6.07, 6.45) is 5.58. The maximum absolute atomic E-state index is 13.7. The number of amides is 2. The quantitative estimate of drug-likeness (QED) is 0.225. The number of pyridine rings is 3. The second-order valence-corrected chi connectivity index (χ2v) is 10.4. The van der Waals surface area contributed by atoms with Crippen molar-refractivity contribution < 1.29 is 14.0 Å². The molecule has 7 aromatic rings. The molecule has 0 spiro atoms. The van der Waals surface area contributed by atoms with E-state index in [1.54, 1.807) is 41.3 Å². The molecule has 0 saturated carbocycles. The zero-order valence-corrected chi connectivity index (χ0v) is 23.4. The van der Waals surface area contributed by atoms with E-state index in [-0.39, 0.29) is 17.4 Å². The molecule has 0 unspecified atom stereocenters. The van der Waals surface area contributed by atoms with E-state index in [1.165, 1.54) is 12.1 Å². The highest BCUT2D eigenvalue weighted by atomic mass is 19.1. The van der Waals surface area contributed by atoms with Crippen LogP contribution < -0.4 is 11.1 Å². The lowest BCUT2D eigenvalue weighted by atomic mass is 10.0. The molecule has 0 bridgehead atoms. The van der Waals surface area contributed by atoms with Crippen LogP contribution >= 0.6 is 0 Å². The van der Waals surface area contributed by atoms with Crippen molar-refractivity contribution in [2.75, 3.05) is 6.54 Å². The van der Waals surface area contributed by atoms with Crippen LogP contribution in [-0.4, -0.2) is 42.5 Å². The Kier molecular flexibility index (Phi) is 6.78. The van der Waals surface area contributed by atoms with Gasteiger partial charge < -0.3 is 15.6 Å². The summed E-state index contributed by atoms with van der Waals surface area (Å²) in [5.74, 6) is -1.22. The molecule has 0 aliphatic carbocycles. The molecule has 44 heavy (non-hydrogen) atoms. The van der Waals surface area contributed by atoms with Gasteiger partial charge in [0.2, 0.25) is 0 Å². The standard InChI is InChI=1S/C34H26FN7O2/c35-23-11-9-22(10-12-23)30-29(21-13-17-37-18-14-21)27-7-3-8-28(42(27)40-30)34(44)39-16-4-20-41-26-6-2-1-5-24(26)25-15-19-38-31(32(25)41)33(36)43/h1-3,5-15,17-19H,4,16,20H2,(H2,36,43)(H,39,44). The number of carbonyl (C=O) groups is 2. The third-order valence-corrected chi connectivity index (χ3v) is 7.73. The van der Waals surface area contributed by atoms with Crippen LogP contribution in [0.1, 0.15) is 27.4 Å². The minimum absolute atomic E-state index is 0.218. The van der Waals surface area contributed by atoms with Crippen molar-refractivity contribution in [2.45, 2.75) is 13.0 Å². The number of fused-ring (bicyclic) bond motifs is 4. The van der Waals surface area contributed by atoms with Gasteiger partial charge in [0.15, 0.2) is 5.69 Å². The molecular formula is C34H26FN7O2. The zero-order valence-electron chi connectivity index (χ0n) is 23.4. The van der Waals surface area contributed by atoms with Gasteiger partial charge in [-0.05, 0) is 72.6 Å². The summed E-state index contributed by atoms with van der Waals surface area (Å²) < 4.78 is 17.4. The van der Waals surface area contributed by atoms with Crippen molar-refractivity contribution >= 4 is 39.1 Å². The van der Waals surface area contributed by atoms with E-state index in [4.69, 9.17) is 10.8 Å². The number of aryl methyl sites for hydroxylation is 1. The van der Waals surface area contributed by atoms with Crippen LogP contribution in [0.25, 0.3) is 49.7 Å². The lowest BCUT2D eigenvalue weighted by Crippen LogP contribution is -2.27. The molecule has 2 amide bonds. The van der Waals surface area contributed by atoms with Gasteiger partial charge in [-0.15, -0.1) is 0 Å². The van der Waals surface area contributed by atoms with Gasteiger partial charge in [0.25, 0.3) is 11.8 Å². The van der Waals surface area contributed by atoms with E-state index >= 15 is 0 Å². The predicted molar refractivity (Wildman–Crippen MR) is 167 cm³/mol. The number of nitrogens with one attached hydrogen (secondary N) is 1. The Hall–Kier alpha value is -5.90. The van der Waals surface area contributed by atoms with Gasteiger partial charge in [0.05, 0.1) is 11.0 Å². The normalized spacial score (nSPS) is 11.4. The fraction of sp³-hybridized carbons (Fsp3) is 0.0882. The van der Waals surface area contributed by atoms with Gasteiger partial charge in [-0.2, -0.15) is 5.10 Å². The van der Waals surface area contributed by atoms with Gasteiger partial charge in [-0.1, -0.05) is 24.3 Å². The average Bonchev–Trinajstić information content (AvgIpc) is 3.60. The molecule has 216 valence electrons. The minimum Gasteiger partial charge on any atom is -0.364 e. The van der Waals surface area contributed by atoms with Crippen molar-refractivity contribution in [2.24, 2.45) is 5.73 Å². The number of hydrogen-bond donors (Lipinski definition) is 2. The van der Waals surface area contributed by atoms with Crippen LogP contribution in [0.5, 0.6) is 0 Å². The summed E-state index contributed by atoms with van der Waals surface area (Å²) in [4.78, 5) is 34.1. The minimum atomic E-state index is -0.591. The summed E-state index contributed by atoms with van der Waals surface area (Å²) in [5.41, 5.74) is 11.7. The van der Waals surface area contributed by atoms with E-state index in [0.717, 1.165) is 38.5 Å². The maximum Gasteiger partial charge on any atom is 0.269 e. The largest absolute Gasteiger partial charge is 0.364 e. The molecule has 0 saturated heterocycles. The van der Waals surface area contributed by atoms with Crippen LogP contribution in [0.3, 0.4) is 0 Å². The summed E-state index contributed by atoms with van der Waals surface area (Å²) in [5, 5.41) is 9.76. The number of nitrogens with zero attached hydrogens (tertiary/aromatic N) is 5. The molecule has 7 rings (SSSR count). The Balaban J connectivity index is 1.18. The summed E-state index contributed by atoms with van der Waals surface area (Å²) in [7, 11) is 0. The molecule has 10 heteroatoms. The number of para-hydroxylation sites is 1. The van der Waals surface area contributed by atoms with Crippen LogP contribution in [-0.2, 0) is 6.54 Å². The summed E-state index contributed by atoms with van der Waals surface area (Å²) in [6.45, 7) is 0.905. The highest BCUT2D eigenvalue weighted by molar-refractivity contribution is 6.14. The monoisotopic (exact) mass is 583 g/mol. The van der Waals surface area contributed by atoms with E-state index in [1.807, 2.05) is 59.2 Å². The lowest BCUT2D eigenvalue weighted by molar-refractivity contribution is 0.0944. The Morgan fingerprint density at radius 2 is 1.59 bits per heavy atom. The second-order valence-electron chi connectivity index (χ2n) is 10.4. The average molecular weight is 584 g/mol. The molecule has 0 aliphatic heterocycles. The van der Waals surface area contributed by atoms with Gasteiger partial charge in [-0.25, -0.2) is 13.9 Å². The highest BCUT2D eigenvalue weighted by Crippen LogP contribution is 2.35. The van der Waals surface area contributed by atoms with Crippen LogP contribution in [0.2, 0.25) is 0 Å². The first-order valence-corrected chi connectivity index (χ1v) is 14.1. The van der Waals surface area contributed by atoms with Crippen LogP contribution in [0, 0.1) is 5.82 Å². The number of halogens is 1. The zero-order chi connectivity index (χ0) is 30.2. The molecule has 3 N–H and O–H groups in total. The Bertz CT molecular complexity index is 2190. The number of nitrogens with two attached hydrogens (primary N) is 1. The molecule has 0 atom stereocenters. The highest BCUT2D eigenvalue weighted by Gasteiger charge is 2.21. The molecule has 0 aliphatic rings. The number of carbonyl (C=O) groups excluding carboxylic acids is 2. The van der Waals surface area contributed by atoms with Crippen LogP contribution in [0.4, 0.5) is 4.39 Å². The Labute approximate surface area is 250 Å². The van der Waals surface area contributed by atoms with Crippen molar-refractivity contribution in [1.82, 2.24) is 29.5 Å². The number of aromatic nitrogens is 5. The van der Waals surface area contributed by atoms with Crippen LogP contribution in [0.15, 0.2) is 104 Å². The van der Waals surface area contributed by atoms with E-state index in [0.29, 0.717) is 36.4 Å². The second kappa shape index (κ2) is 11.1. The fourth-order valence-electron chi connectivity index (χ4n) is 5.80. The molecule has 5 aromatic heterocycles. The predicted octanol–water partition coefficient (Wildman–Crippen LogP) is 5.62. The van der Waals surface area contributed by atoms with Crippen molar-refractivity contribution in [3.8, 4) is 22.4 Å². The molecular weight excluding hydrogens is 557 g/mol. The molecule has 2 aromatic carbocycles. The first-order chi connectivity index (χ1) is 21.5. The van der Waals surface area contributed by atoms with E-state index in [2.05, 4.69) is 15.3 Å². The topological polar surface area (TPSA) is 120 Å². The first-order valence-electron chi connectivity index (χ1n) is 14.1. The summed E-state index contributed by atoms with van der Waals surface area (Å²) in [6, 6.07) is 25.1. The molecule has 0 fully saturated rings. The summed E-state index contributed by atoms with van der Waals surface area (Å²) >= 11 is 0. The lowest BCUT2D eigenvalue weighted by Gasteiger charge is -2.11. The maximum atomic E-state index is 13.7. The van der Waals surface area contributed by atoms with Gasteiger partial charge >= 0.3 is 0 Å².